The van der Waals surface area contributed by atoms with Crippen LogP contribution in [0.15, 0.2) is 33.3 Å². The van der Waals surface area contributed by atoms with E-state index in [4.69, 9.17) is 9.66 Å². The van der Waals surface area contributed by atoms with E-state index in [1.54, 1.807) is 12.1 Å². The van der Waals surface area contributed by atoms with E-state index >= 15 is 0 Å². The van der Waals surface area contributed by atoms with Gasteiger partial charge in [0, 0.05) is 10.0 Å². The van der Waals surface area contributed by atoms with Gasteiger partial charge in [0.25, 0.3) is 5.89 Å². The first-order chi connectivity index (χ1) is 8.72. The SMILES string of the molecule is CC(C)(c1noc(-c2ccc(Br)cc2)n1)S(N)(=O)=O. The highest BCUT2D eigenvalue weighted by atomic mass is 79.9. The zero-order valence-corrected chi connectivity index (χ0v) is 12.7. The topological polar surface area (TPSA) is 99.1 Å². The molecule has 6 nitrogen and oxygen atoms in total. The van der Waals surface area contributed by atoms with Gasteiger partial charge in [-0.1, -0.05) is 21.1 Å². The van der Waals surface area contributed by atoms with Crippen LogP contribution >= 0.6 is 15.9 Å². The summed E-state index contributed by atoms with van der Waals surface area (Å²) in [5.74, 6) is 0.284. The van der Waals surface area contributed by atoms with Gasteiger partial charge in [0.05, 0.1) is 0 Å². The summed E-state index contributed by atoms with van der Waals surface area (Å²) in [5.41, 5.74) is 0.701. The molecule has 19 heavy (non-hydrogen) atoms. The van der Waals surface area contributed by atoms with Gasteiger partial charge in [-0.25, -0.2) is 13.6 Å². The van der Waals surface area contributed by atoms with Gasteiger partial charge < -0.3 is 4.52 Å². The Morgan fingerprint density at radius 3 is 2.37 bits per heavy atom. The molecule has 0 saturated carbocycles. The average molecular weight is 346 g/mol. The van der Waals surface area contributed by atoms with E-state index in [-0.39, 0.29) is 11.7 Å². The van der Waals surface area contributed by atoms with Crippen molar-refractivity contribution >= 4 is 26.0 Å². The van der Waals surface area contributed by atoms with E-state index in [1.165, 1.54) is 13.8 Å². The van der Waals surface area contributed by atoms with E-state index in [0.717, 1.165) is 4.47 Å². The molecular weight excluding hydrogens is 334 g/mol. The van der Waals surface area contributed by atoms with Crippen molar-refractivity contribution in [3.05, 3.63) is 34.6 Å². The Morgan fingerprint density at radius 1 is 1.26 bits per heavy atom. The molecule has 0 aliphatic carbocycles. The number of hydrogen-bond donors (Lipinski definition) is 1. The van der Waals surface area contributed by atoms with Crippen molar-refractivity contribution in [3.8, 4) is 11.5 Å². The number of primary sulfonamides is 1. The molecule has 0 radical (unpaired) electrons. The molecule has 0 fully saturated rings. The molecule has 0 aliphatic rings. The van der Waals surface area contributed by atoms with Gasteiger partial charge in [0.2, 0.25) is 10.0 Å². The molecule has 1 heterocycles. The van der Waals surface area contributed by atoms with Crippen molar-refractivity contribution in [1.82, 2.24) is 10.1 Å². The Bertz CT molecular complexity index is 692. The van der Waals surface area contributed by atoms with Crippen molar-refractivity contribution in [1.29, 1.82) is 0 Å². The van der Waals surface area contributed by atoms with Crippen LogP contribution < -0.4 is 5.14 Å². The molecular formula is C11H12BrN3O3S. The van der Waals surface area contributed by atoms with Gasteiger partial charge >= 0.3 is 0 Å². The summed E-state index contributed by atoms with van der Waals surface area (Å²) >= 11 is 3.32. The molecule has 8 heteroatoms. The van der Waals surface area contributed by atoms with Crippen LogP contribution in [0.5, 0.6) is 0 Å². The number of aromatic nitrogens is 2. The number of sulfonamides is 1. The highest BCUT2D eigenvalue weighted by Gasteiger charge is 2.38. The van der Waals surface area contributed by atoms with Crippen LogP contribution in [0.25, 0.3) is 11.5 Å². The van der Waals surface area contributed by atoms with Crippen LogP contribution in [0.1, 0.15) is 19.7 Å². The van der Waals surface area contributed by atoms with Gasteiger partial charge in [-0.2, -0.15) is 4.98 Å². The Balaban J connectivity index is 2.42. The summed E-state index contributed by atoms with van der Waals surface area (Å²) in [6.45, 7) is 2.86. The van der Waals surface area contributed by atoms with Crippen LogP contribution in [-0.2, 0) is 14.8 Å². The largest absolute Gasteiger partial charge is 0.334 e. The fourth-order valence-corrected chi connectivity index (χ4v) is 1.91. The van der Waals surface area contributed by atoms with Gasteiger partial charge in [-0.05, 0) is 38.1 Å². The second-order valence-corrected chi connectivity index (χ2v) is 7.51. The minimum atomic E-state index is -3.82. The lowest BCUT2D eigenvalue weighted by Crippen LogP contribution is -2.36. The van der Waals surface area contributed by atoms with E-state index in [9.17, 15) is 8.42 Å². The van der Waals surface area contributed by atoms with Gasteiger partial charge in [-0.15, -0.1) is 0 Å². The van der Waals surface area contributed by atoms with Crippen molar-refractivity contribution in [2.75, 3.05) is 0 Å². The fourth-order valence-electron chi connectivity index (χ4n) is 1.30. The first-order valence-corrected chi connectivity index (χ1v) is 7.68. The summed E-state index contributed by atoms with van der Waals surface area (Å²) in [4.78, 5) is 4.10. The Kier molecular flexibility index (Phi) is 3.50. The normalized spacial score (nSPS) is 12.6. The average Bonchev–Trinajstić information content (AvgIpc) is 2.78. The summed E-state index contributed by atoms with van der Waals surface area (Å²) < 4.78 is 27.6. The van der Waals surface area contributed by atoms with Crippen LogP contribution in [0.3, 0.4) is 0 Å². The molecule has 0 bridgehead atoms. The molecule has 2 aromatic rings. The number of hydrogen-bond acceptors (Lipinski definition) is 5. The van der Waals surface area contributed by atoms with E-state index in [2.05, 4.69) is 26.1 Å². The van der Waals surface area contributed by atoms with Gasteiger partial charge in [0.15, 0.2) is 5.82 Å². The van der Waals surface area contributed by atoms with Crippen molar-refractivity contribution in [2.45, 2.75) is 18.6 Å². The Hall–Kier alpha value is -1.25. The maximum Gasteiger partial charge on any atom is 0.257 e. The molecule has 0 aliphatic heterocycles. The predicted molar refractivity (Wildman–Crippen MR) is 73.6 cm³/mol. The highest BCUT2D eigenvalue weighted by Crippen LogP contribution is 2.27. The third kappa shape index (κ3) is 2.70. The fraction of sp³-hybridized carbons (Fsp3) is 0.273. The van der Waals surface area contributed by atoms with Crippen LogP contribution in [0.2, 0.25) is 0 Å². The molecule has 1 aromatic carbocycles. The second kappa shape index (κ2) is 4.69. The lowest BCUT2D eigenvalue weighted by molar-refractivity contribution is 0.412. The van der Waals surface area contributed by atoms with Crippen molar-refractivity contribution in [3.63, 3.8) is 0 Å². The maximum atomic E-state index is 11.5. The first-order valence-electron chi connectivity index (χ1n) is 5.34. The lowest BCUT2D eigenvalue weighted by atomic mass is 10.2. The number of benzene rings is 1. The minimum absolute atomic E-state index is 0.0351. The number of nitrogens with two attached hydrogens (primary N) is 1. The highest BCUT2D eigenvalue weighted by molar-refractivity contribution is 9.10. The van der Waals surface area contributed by atoms with Gasteiger partial charge in [-0.3, -0.25) is 0 Å². The molecule has 0 spiro atoms. The molecule has 2 N–H and O–H groups in total. The van der Waals surface area contributed by atoms with Crippen LogP contribution in [-0.4, -0.2) is 18.6 Å². The van der Waals surface area contributed by atoms with Crippen LogP contribution in [0.4, 0.5) is 0 Å². The standard InChI is InChI=1S/C11H12BrN3O3S/c1-11(2,19(13,16)17)10-14-9(18-15-10)7-3-5-8(12)6-4-7/h3-6H,1-2H3,(H2,13,16,17). The number of nitrogens with zero attached hydrogens (tertiary/aromatic N) is 2. The van der Waals surface area contributed by atoms with E-state index in [1.807, 2.05) is 12.1 Å². The maximum absolute atomic E-state index is 11.5. The van der Waals surface area contributed by atoms with Crippen molar-refractivity contribution < 1.29 is 12.9 Å². The third-order valence-corrected chi connectivity index (χ3v) is 4.90. The third-order valence-electron chi connectivity index (χ3n) is 2.77. The van der Waals surface area contributed by atoms with Gasteiger partial charge in [0.1, 0.15) is 4.75 Å². The monoisotopic (exact) mass is 345 g/mol. The zero-order chi connectivity index (χ0) is 14.3. The minimum Gasteiger partial charge on any atom is -0.334 e. The smallest absolute Gasteiger partial charge is 0.257 e. The molecule has 102 valence electrons. The predicted octanol–water partition coefficient (Wildman–Crippen LogP) is 2.02. The van der Waals surface area contributed by atoms with E-state index in [0.29, 0.717) is 5.56 Å². The summed E-state index contributed by atoms with van der Waals surface area (Å²) in [6.07, 6.45) is 0. The molecule has 0 atom stereocenters. The second-order valence-electron chi connectivity index (χ2n) is 4.49. The molecule has 1 aromatic heterocycles. The molecule has 0 saturated heterocycles. The lowest BCUT2D eigenvalue weighted by Gasteiger charge is -2.16. The zero-order valence-electron chi connectivity index (χ0n) is 10.3. The molecule has 0 amide bonds. The Labute approximate surface area is 119 Å². The van der Waals surface area contributed by atoms with Crippen molar-refractivity contribution in [2.24, 2.45) is 5.14 Å². The molecule has 2 rings (SSSR count). The summed E-state index contributed by atoms with van der Waals surface area (Å²) in [7, 11) is -3.82. The quantitative estimate of drug-likeness (QED) is 0.917. The number of rotatable bonds is 3. The summed E-state index contributed by atoms with van der Waals surface area (Å²) in [5, 5.41) is 8.85. The van der Waals surface area contributed by atoms with E-state index < -0.39 is 14.8 Å². The van der Waals surface area contributed by atoms with Crippen LogP contribution in [0, 0.1) is 0 Å². The summed E-state index contributed by atoms with van der Waals surface area (Å²) in [6, 6.07) is 7.21. The number of halogens is 1. The molecule has 0 unspecified atom stereocenters. The Morgan fingerprint density at radius 2 is 1.84 bits per heavy atom. The first kappa shape index (κ1) is 14.2.